The van der Waals surface area contributed by atoms with Crippen LogP contribution in [-0.4, -0.2) is 95.9 Å². The molecule has 0 aliphatic rings. The number of hydrogen-bond acceptors (Lipinski definition) is 14. The van der Waals surface area contributed by atoms with Crippen LogP contribution in [0, 0.1) is 0 Å². The minimum absolute atomic E-state index is 0.0560. The second kappa shape index (κ2) is 61.9. The second-order valence-corrected chi connectivity index (χ2v) is 24.1. The number of phosphoric ester groups is 2. The van der Waals surface area contributed by atoms with Crippen molar-refractivity contribution in [3.8, 4) is 0 Å². The molecule has 5 unspecified atom stereocenters. The van der Waals surface area contributed by atoms with Gasteiger partial charge in [0.1, 0.15) is 25.4 Å². The van der Waals surface area contributed by atoms with E-state index >= 15 is 0 Å². The molecule has 0 saturated heterocycles. The fraction of sp³-hybridized carbons (Fsp3) is 0.638. The highest BCUT2D eigenvalue weighted by Gasteiger charge is 2.29. The van der Waals surface area contributed by atoms with Gasteiger partial charge < -0.3 is 34.2 Å². The highest BCUT2D eigenvalue weighted by molar-refractivity contribution is 7.47. The number of esters is 3. The molecule has 18 heteroatoms. The third-order valence-electron chi connectivity index (χ3n) is 12.9. The Kier molecular flexibility index (Phi) is 58.8. The van der Waals surface area contributed by atoms with Crippen molar-refractivity contribution in [2.45, 2.75) is 245 Å². The van der Waals surface area contributed by atoms with Gasteiger partial charge in [-0.3, -0.25) is 32.5 Å². The van der Waals surface area contributed by atoms with Gasteiger partial charge in [-0.25, -0.2) is 9.13 Å². The minimum atomic E-state index is -4.94. The molecule has 87 heavy (non-hydrogen) atoms. The zero-order valence-corrected chi connectivity index (χ0v) is 55.2. The Balaban J connectivity index is 4.79. The summed E-state index contributed by atoms with van der Waals surface area (Å²) in [7, 11) is -9.81. The van der Waals surface area contributed by atoms with E-state index in [0.717, 1.165) is 122 Å². The first-order valence-corrected chi connectivity index (χ1v) is 35.5. The maximum absolute atomic E-state index is 12.9. The van der Waals surface area contributed by atoms with Crippen LogP contribution < -0.4 is 0 Å². The lowest BCUT2D eigenvalue weighted by Crippen LogP contribution is -2.30. The van der Waals surface area contributed by atoms with Crippen molar-refractivity contribution in [1.82, 2.24) is 0 Å². The van der Waals surface area contributed by atoms with Gasteiger partial charge in [0.05, 0.1) is 26.4 Å². The van der Waals surface area contributed by atoms with Crippen molar-refractivity contribution >= 4 is 33.6 Å². The summed E-state index contributed by atoms with van der Waals surface area (Å²) >= 11 is 0. The maximum atomic E-state index is 12.9. The monoisotopic (exact) mass is 1260 g/mol. The zero-order valence-electron chi connectivity index (χ0n) is 53.4. The Morgan fingerprint density at radius 3 is 1.05 bits per heavy atom. The van der Waals surface area contributed by atoms with E-state index < -0.39 is 91.5 Å². The Labute approximate surface area is 525 Å². The van der Waals surface area contributed by atoms with E-state index in [4.69, 9.17) is 32.3 Å². The van der Waals surface area contributed by atoms with Crippen LogP contribution in [0.5, 0.6) is 0 Å². The first-order chi connectivity index (χ1) is 42.2. The summed E-state index contributed by atoms with van der Waals surface area (Å²) < 4.78 is 60.7. The molecular formula is C69H114O16P2. The van der Waals surface area contributed by atoms with Crippen LogP contribution >= 0.6 is 15.6 Å². The van der Waals surface area contributed by atoms with Crippen LogP contribution in [0.4, 0.5) is 0 Å². The lowest BCUT2D eigenvalue weighted by atomic mass is 10.1. The fourth-order valence-corrected chi connectivity index (χ4v) is 9.52. The van der Waals surface area contributed by atoms with E-state index in [-0.39, 0.29) is 19.3 Å². The molecule has 0 heterocycles. The highest BCUT2D eigenvalue weighted by atomic mass is 31.2. The minimum Gasteiger partial charge on any atom is -0.463 e. The van der Waals surface area contributed by atoms with E-state index in [1.165, 1.54) is 38.5 Å². The number of unbranched alkanes of at least 4 members (excludes halogenated alkanes) is 15. The number of aliphatic hydroxyl groups excluding tert-OH is 2. The quantitative estimate of drug-likeness (QED) is 0.0146. The molecule has 0 aliphatic carbocycles. The maximum Gasteiger partial charge on any atom is 0.472 e. The SMILES string of the molecule is CC/C=C\C/C=C\C/C=C\C/C=C\C/C=C\C/C=C\CCC(=O)OCC(O)COP(=O)(O)OCC(O)COP(=O)(O)OCC(COC(=O)CCCCCC/C=C\C/C=C\C/C=C\C/C=C\CC)OC(=O)CCCCCCC/C=C\CCCCCCCC. The van der Waals surface area contributed by atoms with Gasteiger partial charge in [0.15, 0.2) is 6.10 Å². The van der Waals surface area contributed by atoms with Crippen molar-refractivity contribution in [3.05, 3.63) is 134 Å². The van der Waals surface area contributed by atoms with Crippen molar-refractivity contribution in [2.24, 2.45) is 0 Å². The van der Waals surface area contributed by atoms with E-state index in [0.29, 0.717) is 25.7 Å². The summed E-state index contributed by atoms with van der Waals surface area (Å²) in [6, 6.07) is 0. The number of phosphoric acid groups is 2. The molecule has 0 aromatic rings. The van der Waals surface area contributed by atoms with Gasteiger partial charge >= 0.3 is 33.6 Å². The average molecular weight is 1260 g/mol. The van der Waals surface area contributed by atoms with Crippen LogP contribution in [-0.2, 0) is 55.8 Å². The lowest BCUT2D eigenvalue weighted by Gasteiger charge is -2.21. The van der Waals surface area contributed by atoms with Gasteiger partial charge in [0.25, 0.3) is 0 Å². The largest absolute Gasteiger partial charge is 0.472 e. The van der Waals surface area contributed by atoms with Crippen molar-refractivity contribution in [3.63, 3.8) is 0 Å². The van der Waals surface area contributed by atoms with Gasteiger partial charge in [-0.05, 0) is 122 Å². The molecular weight excluding hydrogens is 1150 g/mol. The van der Waals surface area contributed by atoms with Crippen LogP contribution in [0.2, 0.25) is 0 Å². The summed E-state index contributed by atoms with van der Waals surface area (Å²) in [5.74, 6) is -1.70. The molecule has 16 nitrogen and oxygen atoms in total. The molecule has 0 rings (SSSR count). The van der Waals surface area contributed by atoms with Crippen molar-refractivity contribution in [2.75, 3.05) is 39.6 Å². The number of aliphatic hydroxyl groups is 2. The smallest absolute Gasteiger partial charge is 0.463 e. The van der Waals surface area contributed by atoms with E-state index in [9.17, 15) is 43.5 Å². The predicted molar refractivity (Wildman–Crippen MR) is 353 cm³/mol. The van der Waals surface area contributed by atoms with Crippen LogP contribution in [0.25, 0.3) is 0 Å². The average Bonchev–Trinajstić information content (AvgIpc) is 3.68. The summed E-state index contributed by atoms with van der Waals surface area (Å²) in [6.45, 7) is 2.28. The molecule has 0 bridgehead atoms. The third kappa shape index (κ3) is 63.1. The predicted octanol–water partition coefficient (Wildman–Crippen LogP) is 17.6. The number of carbonyl (C=O) groups excluding carboxylic acids is 3. The molecule has 0 radical (unpaired) electrons. The molecule has 0 aliphatic heterocycles. The number of carbonyl (C=O) groups is 3. The summed E-state index contributed by atoms with van der Waals surface area (Å²) in [5.41, 5.74) is 0. The van der Waals surface area contributed by atoms with Gasteiger partial charge in [-0.15, -0.1) is 0 Å². The molecule has 0 spiro atoms. The molecule has 5 atom stereocenters. The van der Waals surface area contributed by atoms with Crippen molar-refractivity contribution in [1.29, 1.82) is 0 Å². The summed E-state index contributed by atoms with van der Waals surface area (Å²) in [5, 5.41) is 20.5. The van der Waals surface area contributed by atoms with Gasteiger partial charge in [0.2, 0.25) is 0 Å². The third-order valence-corrected chi connectivity index (χ3v) is 14.8. The number of rotatable bonds is 60. The van der Waals surface area contributed by atoms with E-state index in [2.05, 4.69) is 136 Å². The van der Waals surface area contributed by atoms with E-state index in [1.54, 1.807) is 0 Å². The van der Waals surface area contributed by atoms with Crippen LogP contribution in [0.3, 0.4) is 0 Å². The first kappa shape index (κ1) is 82.7. The lowest BCUT2D eigenvalue weighted by molar-refractivity contribution is -0.161. The topological polar surface area (TPSA) is 231 Å². The Morgan fingerprint density at radius 1 is 0.333 bits per heavy atom. The molecule has 0 amide bonds. The zero-order chi connectivity index (χ0) is 63.8. The summed E-state index contributed by atoms with van der Waals surface area (Å²) in [6.07, 6.45) is 70.9. The first-order valence-electron chi connectivity index (χ1n) is 32.5. The molecule has 0 aromatic carbocycles. The Bertz CT molecular complexity index is 2120. The van der Waals surface area contributed by atoms with Crippen molar-refractivity contribution < 1.29 is 75.8 Å². The van der Waals surface area contributed by atoms with E-state index in [1.807, 2.05) is 18.2 Å². The van der Waals surface area contributed by atoms with Gasteiger partial charge in [0, 0.05) is 19.3 Å². The molecule has 4 N–H and O–H groups in total. The normalized spacial score (nSPS) is 15.2. The van der Waals surface area contributed by atoms with Gasteiger partial charge in [-0.1, -0.05) is 219 Å². The Morgan fingerprint density at radius 2 is 0.632 bits per heavy atom. The molecule has 0 fully saturated rings. The Hall–Kier alpha value is -4.31. The summed E-state index contributed by atoms with van der Waals surface area (Å²) in [4.78, 5) is 58.2. The van der Waals surface area contributed by atoms with Gasteiger partial charge in [-0.2, -0.15) is 0 Å². The highest BCUT2D eigenvalue weighted by Crippen LogP contribution is 2.45. The molecule has 0 aromatic heterocycles. The second-order valence-electron chi connectivity index (χ2n) is 21.1. The molecule has 0 saturated carbocycles. The van der Waals surface area contributed by atoms with Crippen LogP contribution in [0.15, 0.2) is 134 Å². The standard InChI is InChI=1S/C69H114O16P2/c1-4-7-10-13-16-19-22-25-28-30-31-33-36-37-40-43-46-49-52-55-67(72)79-58-64(70)59-81-86(75,76)82-60-65(71)61-83-87(77,78)84-63-66(85-69(74)57-54-51-48-45-42-39-34-27-24-21-18-15-12-9-6-3)62-80-68(73)56-53-50-47-44-41-38-35-32-29-26-23-20-17-14-11-8-5-2/h7-8,10-11,16-17,19-20,25-29,31,33-35,37-38,40,46,49,64-66,70-71H,4-6,9,12-15,18,21-24,30,32,36,39,41-45,47-48,50-63H2,1-3H3,(H,75,76)(H,77,78)/b10-7-,11-8-,19-16-,20-17-,28-25-,29-26-,33-31-,34-27-,38-35-,40-37-,49-46-. The number of allylic oxidation sites excluding steroid dienone is 22. The van der Waals surface area contributed by atoms with Crippen LogP contribution in [0.1, 0.15) is 226 Å². The molecule has 496 valence electrons. The fourth-order valence-electron chi connectivity index (χ4n) is 7.93. The number of hydrogen-bond donors (Lipinski definition) is 4. The number of ether oxygens (including phenoxy) is 3.